The minimum absolute atomic E-state index is 0.257. The van der Waals surface area contributed by atoms with E-state index >= 15 is 0 Å². The van der Waals surface area contributed by atoms with E-state index in [1.807, 2.05) is 29.6 Å². The second kappa shape index (κ2) is 7.50. The van der Waals surface area contributed by atoms with E-state index in [4.69, 9.17) is 4.74 Å². The number of nitrogens with zero attached hydrogens (tertiary/aromatic N) is 1. The van der Waals surface area contributed by atoms with E-state index in [0.29, 0.717) is 16.4 Å². The fourth-order valence-electron chi connectivity index (χ4n) is 2.83. The van der Waals surface area contributed by atoms with Crippen LogP contribution < -0.4 is 10.1 Å². The summed E-state index contributed by atoms with van der Waals surface area (Å²) < 4.78 is 6.09. The van der Waals surface area contributed by atoms with Crippen LogP contribution in [0.5, 0.6) is 5.75 Å². The van der Waals surface area contributed by atoms with E-state index in [-0.39, 0.29) is 5.91 Å². The topological polar surface area (TPSA) is 51.2 Å². The van der Waals surface area contributed by atoms with Crippen LogP contribution in [0, 0.1) is 0 Å². The van der Waals surface area contributed by atoms with Gasteiger partial charge in [0.25, 0.3) is 5.91 Å². The number of nitrogens with one attached hydrogen (secondary N) is 1. The molecule has 0 aliphatic rings. The fourth-order valence-corrected chi connectivity index (χ4v) is 3.91. The number of rotatable bonds is 4. The van der Waals surface area contributed by atoms with Crippen molar-refractivity contribution in [3.05, 3.63) is 76.1 Å². The lowest BCUT2D eigenvalue weighted by Crippen LogP contribution is -2.13. The van der Waals surface area contributed by atoms with Crippen molar-refractivity contribution in [2.75, 3.05) is 12.4 Å². The molecule has 4 rings (SSSR count). The van der Waals surface area contributed by atoms with Gasteiger partial charge in [-0.25, -0.2) is 4.98 Å². The maximum absolute atomic E-state index is 12.6. The van der Waals surface area contributed by atoms with Crippen LogP contribution in [0.2, 0.25) is 0 Å². The predicted molar refractivity (Wildman–Crippen MR) is 114 cm³/mol. The second-order valence-electron chi connectivity index (χ2n) is 5.90. The number of hydrogen-bond donors (Lipinski definition) is 1. The van der Waals surface area contributed by atoms with Crippen LogP contribution in [0.15, 0.2) is 70.5 Å². The van der Waals surface area contributed by atoms with Crippen molar-refractivity contribution in [2.45, 2.75) is 0 Å². The molecule has 0 spiro atoms. The molecule has 0 aliphatic heterocycles. The van der Waals surface area contributed by atoms with E-state index in [9.17, 15) is 4.79 Å². The van der Waals surface area contributed by atoms with Crippen molar-refractivity contribution in [1.82, 2.24) is 4.98 Å². The molecule has 0 saturated heterocycles. The molecule has 1 aromatic heterocycles. The summed E-state index contributed by atoms with van der Waals surface area (Å²) in [6, 6.07) is 19.7. The van der Waals surface area contributed by atoms with Crippen molar-refractivity contribution in [3.63, 3.8) is 0 Å². The van der Waals surface area contributed by atoms with E-state index in [0.717, 1.165) is 21.1 Å². The summed E-state index contributed by atoms with van der Waals surface area (Å²) in [5.41, 5.74) is 2.31. The lowest BCUT2D eigenvalue weighted by molar-refractivity contribution is 0.102. The number of carbonyl (C=O) groups is 1. The molecule has 27 heavy (non-hydrogen) atoms. The zero-order valence-corrected chi connectivity index (χ0v) is 16.8. The first-order chi connectivity index (χ1) is 13.1. The minimum Gasteiger partial charge on any atom is -0.496 e. The van der Waals surface area contributed by atoms with E-state index in [2.05, 4.69) is 50.5 Å². The molecule has 0 radical (unpaired) electrons. The van der Waals surface area contributed by atoms with Crippen molar-refractivity contribution >= 4 is 49.1 Å². The Kier molecular flexibility index (Phi) is 4.92. The summed E-state index contributed by atoms with van der Waals surface area (Å²) in [4.78, 5) is 17.2. The standard InChI is InChI=1S/C21H15BrN2O2S/c1-26-19-9-8-16(22)11-17(19)20(25)24-21-23-18(12-27-21)15-7-6-13-4-2-3-5-14(13)10-15/h2-12H,1H3,(H,23,24,25). The molecule has 1 N–H and O–H groups in total. The molecule has 4 aromatic rings. The zero-order valence-electron chi connectivity index (χ0n) is 14.4. The summed E-state index contributed by atoms with van der Waals surface area (Å²) in [6.07, 6.45) is 0. The molecule has 6 heteroatoms. The van der Waals surface area contributed by atoms with Gasteiger partial charge in [-0.3, -0.25) is 10.1 Å². The van der Waals surface area contributed by atoms with Gasteiger partial charge in [-0.05, 0) is 35.0 Å². The molecule has 0 saturated carbocycles. The Morgan fingerprint density at radius 3 is 2.70 bits per heavy atom. The highest BCUT2D eigenvalue weighted by molar-refractivity contribution is 9.10. The monoisotopic (exact) mass is 438 g/mol. The Hall–Kier alpha value is -2.70. The average Bonchev–Trinajstić information content (AvgIpc) is 3.16. The third-order valence-corrected chi connectivity index (χ3v) is 5.43. The fraction of sp³-hybridized carbons (Fsp3) is 0.0476. The Bertz CT molecular complexity index is 1140. The molecule has 0 unspecified atom stereocenters. The molecule has 0 aliphatic carbocycles. The first kappa shape index (κ1) is 17.7. The zero-order chi connectivity index (χ0) is 18.8. The van der Waals surface area contributed by atoms with E-state index in [1.165, 1.54) is 16.7 Å². The summed E-state index contributed by atoms with van der Waals surface area (Å²) in [5, 5.41) is 7.69. The quantitative estimate of drug-likeness (QED) is 0.425. The van der Waals surface area contributed by atoms with Crippen LogP contribution in [-0.2, 0) is 0 Å². The third-order valence-electron chi connectivity index (χ3n) is 4.18. The number of hydrogen-bond acceptors (Lipinski definition) is 4. The summed E-state index contributed by atoms with van der Waals surface area (Å²) >= 11 is 4.78. The van der Waals surface area contributed by atoms with E-state index in [1.54, 1.807) is 19.2 Å². The smallest absolute Gasteiger partial charge is 0.261 e. The largest absolute Gasteiger partial charge is 0.496 e. The first-order valence-corrected chi connectivity index (χ1v) is 9.91. The van der Waals surface area contributed by atoms with Gasteiger partial charge in [-0.15, -0.1) is 11.3 Å². The summed E-state index contributed by atoms with van der Waals surface area (Å²) in [6.45, 7) is 0. The van der Waals surface area contributed by atoms with Gasteiger partial charge in [0.15, 0.2) is 5.13 Å². The van der Waals surface area contributed by atoms with Crippen molar-refractivity contribution in [1.29, 1.82) is 0 Å². The Labute approximate surface area is 169 Å². The SMILES string of the molecule is COc1ccc(Br)cc1C(=O)Nc1nc(-c2ccc3ccccc3c2)cs1. The normalized spacial score (nSPS) is 10.7. The molecular formula is C21H15BrN2O2S. The third kappa shape index (κ3) is 3.72. The maximum atomic E-state index is 12.6. The minimum atomic E-state index is -0.257. The predicted octanol–water partition coefficient (Wildman–Crippen LogP) is 5.99. The molecule has 4 nitrogen and oxygen atoms in total. The molecule has 0 fully saturated rings. The molecular weight excluding hydrogens is 424 g/mol. The number of methoxy groups -OCH3 is 1. The second-order valence-corrected chi connectivity index (χ2v) is 7.67. The van der Waals surface area contributed by atoms with Gasteiger partial charge in [0.2, 0.25) is 0 Å². The lowest BCUT2D eigenvalue weighted by atomic mass is 10.1. The molecule has 0 bridgehead atoms. The molecule has 0 atom stereocenters. The van der Waals surface area contributed by atoms with Gasteiger partial charge >= 0.3 is 0 Å². The molecule has 1 heterocycles. The van der Waals surface area contributed by atoms with Gasteiger partial charge in [0, 0.05) is 15.4 Å². The van der Waals surface area contributed by atoms with Crippen LogP contribution in [0.3, 0.4) is 0 Å². The van der Waals surface area contributed by atoms with Gasteiger partial charge in [0.1, 0.15) is 5.75 Å². The van der Waals surface area contributed by atoms with Gasteiger partial charge < -0.3 is 4.74 Å². The number of ether oxygens (including phenoxy) is 1. The van der Waals surface area contributed by atoms with Crippen molar-refractivity contribution in [3.8, 4) is 17.0 Å². The highest BCUT2D eigenvalue weighted by atomic mass is 79.9. The number of fused-ring (bicyclic) bond motifs is 1. The van der Waals surface area contributed by atoms with Crippen LogP contribution in [0.1, 0.15) is 10.4 Å². The number of amides is 1. The molecule has 134 valence electrons. The highest BCUT2D eigenvalue weighted by Crippen LogP contribution is 2.29. The Morgan fingerprint density at radius 1 is 1.07 bits per heavy atom. The van der Waals surface area contributed by atoms with Gasteiger partial charge in [0.05, 0.1) is 18.4 Å². The highest BCUT2D eigenvalue weighted by Gasteiger charge is 2.15. The van der Waals surface area contributed by atoms with Gasteiger partial charge in [-0.1, -0.05) is 52.3 Å². The van der Waals surface area contributed by atoms with Crippen molar-refractivity contribution in [2.24, 2.45) is 0 Å². The number of aromatic nitrogens is 1. The number of anilines is 1. The van der Waals surface area contributed by atoms with Crippen LogP contribution in [0.25, 0.3) is 22.0 Å². The average molecular weight is 439 g/mol. The number of carbonyl (C=O) groups excluding carboxylic acids is 1. The van der Waals surface area contributed by atoms with Gasteiger partial charge in [-0.2, -0.15) is 0 Å². The van der Waals surface area contributed by atoms with Crippen LogP contribution in [0.4, 0.5) is 5.13 Å². The maximum Gasteiger partial charge on any atom is 0.261 e. The van der Waals surface area contributed by atoms with E-state index < -0.39 is 0 Å². The number of thiazole rings is 1. The van der Waals surface area contributed by atoms with Crippen LogP contribution in [-0.4, -0.2) is 18.0 Å². The number of benzene rings is 3. The first-order valence-electron chi connectivity index (χ1n) is 8.23. The Morgan fingerprint density at radius 2 is 1.89 bits per heavy atom. The molecule has 1 amide bonds. The summed E-state index contributed by atoms with van der Waals surface area (Å²) in [7, 11) is 1.54. The molecule has 3 aromatic carbocycles. The number of halogens is 1. The lowest BCUT2D eigenvalue weighted by Gasteiger charge is -2.08. The Balaban J connectivity index is 1.59. The summed E-state index contributed by atoms with van der Waals surface area (Å²) in [5.74, 6) is 0.259. The van der Waals surface area contributed by atoms with Crippen LogP contribution >= 0.6 is 27.3 Å². The van der Waals surface area contributed by atoms with Crippen molar-refractivity contribution < 1.29 is 9.53 Å².